The van der Waals surface area contributed by atoms with Crippen molar-refractivity contribution in [3.05, 3.63) is 24.3 Å². The Morgan fingerprint density at radius 2 is 2.00 bits per heavy atom. The highest BCUT2D eigenvalue weighted by molar-refractivity contribution is 7.99. The van der Waals surface area contributed by atoms with Crippen LogP contribution in [-0.4, -0.2) is 50.8 Å². The number of methoxy groups -OCH3 is 1. The summed E-state index contributed by atoms with van der Waals surface area (Å²) in [4.78, 5) is 4.31. The second-order valence-corrected chi connectivity index (χ2v) is 7.03. The maximum absolute atomic E-state index is 5.72. The second-order valence-electron chi connectivity index (χ2n) is 5.89. The number of nitrogens with one attached hydrogen (secondary N) is 2. The number of rotatable bonds is 8. The number of hydrogen-bond donors (Lipinski definition) is 2. The maximum atomic E-state index is 5.72. The van der Waals surface area contributed by atoms with E-state index in [0.29, 0.717) is 12.6 Å². The molecular weight excluding hydrogens is 322 g/mol. The van der Waals surface area contributed by atoms with Gasteiger partial charge in [0, 0.05) is 24.9 Å². The van der Waals surface area contributed by atoms with E-state index in [9.17, 15) is 0 Å². The SMILES string of the molecule is CN=C(NCCCOc1ccc(OC)cc1)NC1CCC(SC)C1. The zero-order chi connectivity index (χ0) is 17.2. The first kappa shape index (κ1) is 18.8. The first-order chi connectivity index (χ1) is 11.7. The van der Waals surface area contributed by atoms with Gasteiger partial charge in [-0.2, -0.15) is 11.8 Å². The van der Waals surface area contributed by atoms with Gasteiger partial charge in [-0.05, 0) is 56.2 Å². The van der Waals surface area contributed by atoms with Crippen molar-refractivity contribution in [3.8, 4) is 11.5 Å². The van der Waals surface area contributed by atoms with E-state index in [0.717, 1.165) is 35.7 Å². The third kappa shape index (κ3) is 6.15. The van der Waals surface area contributed by atoms with Crippen LogP contribution >= 0.6 is 11.8 Å². The molecule has 1 aromatic carbocycles. The number of guanidine groups is 1. The minimum absolute atomic E-state index is 0.546. The van der Waals surface area contributed by atoms with Crippen LogP contribution in [0.1, 0.15) is 25.7 Å². The molecule has 2 N–H and O–H groups in total. The number of benzene rings is 1. The summed E-state index contributed by atoms with van der Waals surface area (Å²) < 4.78 is 10.9. The summed E-state index contributed by atoms with van der Waals surface area (Å²) in [5, 5.41) is 7.68. The molecule has 24 heavy (non-hydrogen) atoms. The predicted molar refractivity (Wildman–Crippen MR) is 103 cm³/mol. The average molecular weight is 352 g/mol. The molecule has 1 aliphatic rings. The molecule has 2 rings (SSSR count). The standard InChI is InChI=1S/C18H29N3O2S/c1-19-18(21-14-5-10-17(13-14)24-3)20-11-4-12-23-16-8-6-15(22-2)7-9-16/h6-9,14,17H,4-5,10-13H2,1-3H3,(H2,19,20,21). The van der Waals surface area contributed by atoms with Crippen LogP contribution in [0, 0.1) is 0 Å². The Balaban J connectivity index is 1.60. The van der Waals surface area contributed by atoms with Gasteiger partial charge >= 0.3 is 0 Å². The molecule has 1 aromatic rings. The zero-order valence-electron chi connectivity index (χ0n) is 14.9. The van der Waals surface area contributed by atoms with E-state index in [-0.39, 0.29) is 0 Å². The molecule has 2 atom stereocenters. The predicted octanol–water partition coefficient (Wildman–Crippen LogP) is 2.91. The van der Waals surface area contributed by atoms with Gasteiger partial charge in [0.2, 0.25) is 0 Å². The monoisotopic (exact) mass is 351 g/mol. The minimum atomic E-state index is 0.546. The third-order valence-electron chi connectivity index (χ3n) is 4.22. The molecule has 134 valence electrons. The van der Waals surface area contributed by atoms with E-state index in [2.05, 4.69) is 21.9 Å². The normalized spacial score (nSPS) is 20.7. The molecule has 1 fully saturated rings. The van der Waals surface area contributed by atoms with Crippen molar-refractivity contribution in [1.29, 1.82) is 0 Å². The second kappa shape index (κ2) is 10.3. The van der Waals surface area contributed by atoms with Crippen molar-refractivity contribution >= 4 is 17.7 Å². The topological polar surface area (TPSA) is 54.9 Å². The molecule has 0 bridgehead atoms. The number of nitrogens with zero attached hydrogens (tertiary/aromatic N) is 1. The lowest BCUT2D eigenvalue weighted by molar-refractivity contribution is 0.310. The molecule has 5 nitrogen and oxygen atoms in total. The molecule has 0 amide bonds. The summed E-state index contributed by atoms with van der Waals surface area (Å²) in [6.45, 7) is 1.52. The molecule has 0 radical (unpaired) electrons. The summed E-state index contributed by atoms with van der Waals surface area (Å²) in [6.07, 6.45) is 6.87. The number of ether oxygens (including phenoxy) is 2. The number of aliphatic imine (C=N–C) groups is 1. The minimum Gasteiger partial charge on any atom is -0.497 e. The van der Waals surface area contributed by atoms with Gasteiger partial charge in [0.1, 0.15) is 11.5 Å². The van der Waals surface area contributed by atoms with Crippen LogP contribution in [0.4, 0.5) is 0 Å². The Morgan fingerprint density at radius 3 is 2.62 bits per heavy atom. The van der Waals surface area contributed by atoms with Crippen LogP contribution in [0.15, 0.2) is 29.3 Å². The van der Waals surface area contributed by atoms with Gasteiger partial charge in [-0.25, -0.2) is 0 Å². The quantitative estimate of drug-likeness (QED) is 0.428. The molecule has 0 spiro atoms. The summed E-state index contributed by atoms with van der Waals surface area (Å²) in [7, 11) is 3.49. The summed E-state index contributed by atoms with van der Waals surface area (Å²) >= 11 is 1.97. The Hall–Kier alpha value is -1.56. The van der Waals surface area contributed by atoms with Crippen LogP contribution in [0.25, 0.3) is 0 Å². The van der Waals surface area contributed by atoms with Crippen molar-refractivity contribution in [2.24, 2.45) is 4.99 Å². The average Bonchev–Trinajstić information content (AvgIpc) is 3.08. The Labute approximate surface area is 149 Å². The number of hydrogen-bond acceptors (Lipinski definition) is 4. The van der Waals surface area contributed by atoms with Crippen molar-refractivity contribution in [2.45, 2.75) is 37.0 Å². The Kier molecular flexibility index (Phi) is 8.08. The van der Waals surface area contributed by atoms with Gasteiger partial charge in [0.25, 0.3) is 0 Å². The zero-order valence-corrected chi connectivity index (χ0v) is 15.7. The molecule has 1 saturated carbocycles. The largest absolute Gasteiger partial charge is 0.497 e. The fourth-order valence-electron chi connectivity index (χ4n) is 2.81. The van der Waals surface area contributed by atoms with Crippen LogP contribution in [-0.2, 0) is 0 Å². The molecule has 0 saturated heterocycles. The molecule has 0 aromatic heterocycles. The highest BCUT2D eigenvalue weighted by Gasteiger charge is 2.24. The van der Waals surface area contributed by atoms with E-state index >= 15 is 0 Å². The highest BCUT2D eigenvalue weighted by Crippen LogP contribution is 2.27. The van der Waals surface area contributed by atoms with Gasteiger partial charge in [0.15, 0.2) is 5.96 Å². The van der Waals surface area contributed by atoms with E-state index in [4.69, 9.17) is 9.47 Å². The van der Waals surface area contributed by atoms with Crippen LogP contribution in [0.5, 0.6) is 11.5 Å². The van der Waals surface area contributed by atoms with Gasteiger partial charge in [0.05, 0.1) is 13.7 Å². The maximum Gasteiger partial charge on any atom is 0.191 e. The molecule has 0 heterocycles. The molecule has 0 aliphatic heterocycles. The van der Waals surface area contributed by atoms with Crippen molar-refractivity contribution in [2.75, 3.05) is 33.6 Å². The van der Waals surface area contributed by atoms with Crippen LogP contribution in [0.3, 0.4) is 0 Å². The van der Waals surface area contributed by atoms with E-state index in [1.165, 1.54) is 19.3 Å². The third-order valence-corrected chi connectivity index (χ3v) is 5.32. The van der Waals surface area contributed by atoms with Crippen molar-refractivity contribution in [3.63, 3.8) is 0 Å². The smallest absolute Gasteiger partial charge is 0.191 e. The van der Waals surface area contributed by atoms with Crippen LogP contribution in [0.2, 0.25) is 0 Å². The Bertz CT molecular complexity index is 507. The van der Waals surface area contributed by atoms with Gasteiger partial charge in [-0.3, -0.25) is 4.99 Å². The van der Waals surface area contributed by atoms with Crippen molar-refractivity contribution < 1.29 is 9.47 Å². The Morgan fingerprint density at radius 1 is 1.25 bits per heavy atom. The molecule has 6 heteroatoms. The van der Waals surface area contributed by atoms with E-state index in [1.807, 2.05) is 43.1 Å². The first-order valence-corrected chi connectivity index (χ1v) is 9.80. The van der Waals surface area contributed by atoms with Gasteiger partial charge in [-0.1, -0.05) is 0 Å². The fraction of sp³-hybridized carbons (Fsp3) is 0.611. The fourth-order valence-corrected chi connectivity index (χ4v) is 3.61. The summed E-state index contributed by atoms with van der Waals surface area (Å²) in [6, 6.07) is 8.21. The van der Waals surface area contributed by atoms with Gasteiger partial charge < -0.3 is 20.1 Å². The van der Waals surface area contributed by atoms with Crippen molar-refractivity contribution in [1.82, 2.24) is 10.6 Å². The van der Waals surface area contributed by atoms with E-state index < -0.39 is 0 Å². The lowest BCUT2D eigenvalue weighted by Crippen LogP contribution is -2.43. The first-order valence-electron chi connectivity index (χ1n) is 8.52. The summed E-state index contributed by atoms with van der Waals surface area (Å²) in [5.41, 5.74) is 0. The molecular formula is C18H29N3O2S. The molecule has 2 unspecified atom stereocenters. The van der Waals surface area contributed by atoms with Gasteiger partial charge in [-0.15, -0.1) is 0 Å². The highest BCUT2D eigenvalue weighted by atomic mass is 32.2. The lowest BCUT2D eigenvalue weighted by atomic mass is 10.2. The molecule has 1 aliphatic carbocycles. The van der Waals surface area contributed by atoms with E-state index in [1.54, 1.807) is 7.11 Å². The summed E-state index contributed by atoms with van der Waals surface area (Å²) in [5.74, 6) is 2.60. The number of thioether (sulfide) groups is 1. The lowest BCUT2D eigenvalue weighted by Gasteiger charge is -2.17. The van der Waals surface area contributed by atoms with Crippen LogP contribution < -0.4 is 20.1 Å².